The van der Waals surface area contributed by atoms with E-state index in [1.54, 1.807) is 23.0 Å². The molecule has 0 radical (unpaired) electrons. The number of ether oxygens (including phenoxy) is 1. The van der Waals surface area contributed by atoms with Crippen LogP contribution in [-0.2, 0) is 11.3 Å². The van der Waals surface area contributed by atoms with E-state index in [0.29, 0.717) is 53.2 Å². The molecule has 3 aromatic heterocycles. The van der Waals surface area contributed by atoms with E-state index in [1.165, 1.54) is 18.2 Å². The van der Waals surface area contributed by atoms with Crippen molar-refractivity contribution < 1.29 is 17.9 Å². The van der Waals surface area contributed by atoms with Crippen LogP contribution < -0.4 is 10.2 Å². The summed E-state index contributed by atoms with van der Waals surface area (Å²) in [6, 6.07) is 9.04. The molecule has 2 N–H and O–H groups in total. The first-order chi connectivity index (χ1) is 18.0. The predicted octanol–water partition coefficient (Wildman–Crippen LogP) is 4.09. The number of imidazole rings is 2. The molecule has 0 amide bonds. The maximum absolute atomic E-state index is 14.2. The first-order valence-corrected chi connectivity index (χ1v) is 12.0. The smallest absolute Gasteiger partial charge is 0.230 e. The molecule has 2 saturated heterocycles. The van der Waals surface area contributed by atoms with Crippen LogP contribution in [0.2, 0.25) is 0 Å². The molecule has 2 unspecified atom stereocenters. The number of nitrogens with one attached hydrogen (secondary N) is 2. The number of fused-ring (bicyclic) bond motifs is 4. The number of morpholine rings is 1. The van der Waals surface area contributed by atoms with Gasteiger partial charge in [-0.1, -0.05) is 6.07 Å². The second-order valence-corrected chi connectivity index (χ2v) is 9.26. The van der Waals surface area contributed by atoms with Crippen molar-refractivity contribution in [3.05, 3.63) is 66.0 Å². The van der Waals surface area contributed by atoms with Gasteiger partial charge >= 0.3 is 0 Å². The Balaban J connectivity index is 1.31. The van der Waals surface area contributed by atoms with Gasteiger partial charge < -0.3 is 19.9 Å². The summed E-state index contributed by atoms with van der Waals surface area (Å²) in [6.45, 7) is 1.36. The zero-order valence-corrected chi connectivity index (χ0v) is 19.5. The van der Waals surface area contributed by atoms with E-state index in [2.05, 4.69) is 25.2 Å². The summed E-state index contributed by atoms with van der Waals surface area (Å²) in [5.74, 6) is -0.933. The minimum absolute atomic E-state index is 0.0643. The van der Waals surface area contributed by atoms with Gasteiger partial charge in [-0.15, -0.1) is 0 Å². The molecule has 0 spiro atoms. The Morgan fingerprint density at radius 1 is 1.00 bits per heavy atom. The normalized spacial score (nSPS) is 19.3. The third-order valence-corrected chi connectivity index (χ3v) is 6.96. The van der Waals surface area contributed by atoms with Crippen LogP contribution in [0.15, 0.2) is 42.7 Å². The molecular weight excluding hydrogens is 485 g/mol. The Morgan fingerprint density at radius 3 is 2.65 bits per heavy atom. The zero-order chi connectivity index (χ0) is 25.1. The third kappa shape index (κ3) is 3.67. The molecule has 188 valence electrons. The number of benzene rings is 2. The van der Waals surface area contributed by atoms with Crippen molar-refractivity contribution in [3.8, 4) is 5.69 Å². The lowest BCUT2D eigenvalue weighted by atomic mass is 10.2. The van der Waals surface area contributed by atoms with Gasteiger partial charge in [-0.05, 0) is 43.2 Å². The van der Waals surface area contributed by atoms with E-state index in [4.69, 9.17) is 14.7 Å². The maximum atomic E-state index is 14.2. The highest BCUT2D eigenvalue weighted by atomic mass is 19.2. The molecule has 5 heterocycles. The van der Waals surface area contributed by atoms with Crippen molar-refractivity contribution in [2.24, 2.45) is 0 Å². The fourth-order valence-electron chi connectivity index (χ4n) is 5.22. The summed E-state index contributed by atoms with van der Waals surface area (Å²) < 4.78 is 49.2. The standard InChI is InChI=1S/C25H21F3N8O/c26-13-2-1-3-14(8-13)35-12-30-22-23(29-9-19-31-18-7-6-17(27)20(28)21(18)32-19)33-25(34-24(22)35)36-15-4-5-16(36)11-37-10-15/h1-3,6-8,12,15-16H,4-5,9-11H2,(H,31,32)(H,29,33,34). The highest BCUT2D eigenvalue weighted by molar-refractivity contribution is 5.86. The summed E-state index contributed by atoms with van der Waals surface area (Å²) in [5.41, 5.74) is 1.91. The molecule has 37 heavy (non-hydrogen) atoms. The minimum atomic E-state index is -0.997. The van der Waals surface area contributed by atoms with Gasteiger partial charge in [-0.25, -0.2) is 23.1 Å². The fourth-order valence-corrected chi connectivity index (χ4v) is 5.22. The summed E-state index contributed by atoms with van der Waals surface area (Å²) in [6.07, 6.45) is 3.55. The van der Waals surface area contributed by atoms with Gasteiger partial charge in [0.1, 0.15) is 23.5 Å². The number of hydrogen-bond acceptors (Lipinski definition) is 7. The molecular formula is C25H21F3N8O. The number of nitrogens with zero attached hydrogens (tertiary/aromatic N) is 6. The van der Waals surface area contributed by atoms with E-state index in [9.17, 15) is 13.2 Å². The van der Waals surface area contributed by atoms with Crippen LogP contribution in [0, 0.1) is 17.5 Å². The van der Waals surface area contributed by atoms with Crippen molar-refractivity contribution in [1.82, 2.24) is 29.5 Å². The molecule has 12 heteroatoms. The van der Waals surface area contributed by atoms with E-state index >= 15 is 0 Å². The Labute approximate surface area is 208 Å². The van der Waals surface area contributed by atoms with Gasteiger partial charge in [-0.3, -0.25) is 4.57 Å². The summed E-state index contributed by atoms with van der Waals surface area (Å²) in [5, 5.41) is 3.24. The van der Waals surface area contributed by atoms with Crippen molar-refractivity contribution >= 4 is 34.0 Å². The molecule has 9 nitrogen and oxygen atoms in total. The molecule has 2 atom stereocenters. The van der Waals surface area contributed by atoms with Crippen molar-refractivity contribution in [2.45, 2.75) is 31.5 Å². The lowest BCUT2D eigenvalue weighted by molar-refractivity contribution is 0.0898. The fraction of sp³-hybridized carbons (Fsp3) is 0.280. The molecule has 2 fully saturated rings. The minimum Gasteiger partial charge on any atom is -0.377 e. The third-order valence-electron chi connectivity index (χ3n) is 6.96. The van der Waals surface area contributed by atoms with Gasteiger partial charge in [0.15, 0.2) is 28.6 Å². The van der Waals surface area contributed by atoms with Crippen LogP contribution in [0.4, 0.5) is 24.9 Å². The van der Waals surface area contributed by atoms with Crippen LogP contribution in [0.1, 0.15) is 18.7 Å². The number of halogens is 3. The van der Waals surface area contributed by atoms with Crippen molar-refractivity contribution in [1.29, 1.82) is 0 Å². The molecule has 2 bridgehead atoms. The Bertz CT molecular complexity index is 1630. The molecule has 2 aliphatic rings. The first kappa shape index (κ1) is 22.0. The highest BCUT2D eigenvalue weighted by Crippen LogP contribution is 2.34. The number of anilines is 2. The van der Waals surface area contributed by atoms with Crippen molar-refractivity contribution in [2.75, 3.05) is 23.4 Å². The highest BCUT2D eigenvalue weighted by Gasteiger charge is 2.39. The van der Waals surface area contributed by atoms with Crippen LogP contribution in [0.3, 0.4) is 0 Å². The van der Waals surface area contributed by atoms with E-state index < -0.39 is 11.6 Å². The van der Waals surface area contributed by atoms with Gasteiger partial charge in [0, 0.05) is 0 Å². The number of hydrogen-bond donors (Lipinski definition) is 2. The lowest BCUT2D eigenvalue weighted by Crippen LogP contribution is -2.46. The summed E-state index contributed by atoms with van der Waals surface area (Å²) >= 11 is 0. The van der Waals surface area contributed by atoms with E-state index in [-0.39, 0.29) is 30.0 Å². The van der Waals surface area contributed by atoms with Gasteiger partial charge in [-0.2, -0.15) is 9.97 Å². The molecule has 2 aliphatic heterocycles. The number of H-pyrrole nitrogens is 1. The Morgan fingerprint density at radius 2 is 1.84 bits per heavy atom. The van der Waals surface area contributed by atoms with E-state index in [0.717, 1.165) is 18.9 Å². The van der Waals surface area contributed by atoms with Gasteiger partial charge in [0.25, 0.3) is 0 Å². The Kier molecular flexibility index (Phi) is 5.03. The molecule has 7 rings (SSSR count). The van der Waals surface area contributed by atoms with Crippen molar-refractivity contribution in [3.63, 3.8) is 0 Å². The average Bonchev–Trinajstić information content (AvgIpc) is 3.58. The molecule has 5 aromatic rings. The number of rotatable bonds is 5. The Hall–Kier alpha value is -4.19. The monoisotopic (exact) mass is 506 g/mol. The van der Waals surface area contributed by atoms with Gasteiger partial charge in [0.2, 0.25) is 5.95 Å². The molecule has 0 saturated carbocycles. The van der Waals surface area contributed by atoms with E-state index in [1.807, 2.05) is 0 Å². The summed E-state index contributed by atoms with van der Waals surface area (Å²) in [4.78, 5) is 23.6. The zero-order valence-electron chi connectivity index (χ0n) is 19.5. The van der Waals surface area contributed by atoms with Crippen LogP contribution in [-0.4, -0.2) is 54.8 Å². The topological polar surface area (TPSA) is 96.8 Å². The summed E-state index contributed by atoms with van der Waals surface area (Å²) in [7, 11) is 0. The average molecular weight is 506 g/mol. The second-order valence-electron chi connectivity index (χ2n) is 9.26. The van der Waals surface area contributed by atoms with Crippen LogP contribution >= 0.6 is 0 Å². The lowest BCUT2D eigenvalue weighted by Gasteiger charge is -2.34. The predicted molar refractivity (Wildman–Crippen MR) is 130 cm³/mol. The number of aromatic nitrogens is 6. The quantitative estimate of drug-likeness (QED) is 0.371. The maximum Gasteiger partial charge on any atom is 0.230 e. The van der Waals surface area contributed by atoms with Gasteiger partial charge in [0.05, 0.1) is 43.0 Å². The van der Waals surface area contributed by atoms with Crippen LogP contribution in [0.25, 0.3) is 27.9 Å². The largest absolute Gasteiger partial charge is 0.377 e. The molecule has 2 aromatic carbocycles. The van der Waals surface area contributed by atoms with Crippen LogP contribution in [0.5, 0.6) is 0 Å². The molecule has 0 aliphatic carbocycles. The SMILES string of the molecule is Fc1cccc(-n2cnc3c(NCc4nc5c(F)c(F)ccc5[nH]4)nc(N4C5CCC4COC5)nc32)c1. The number of aromatic amines is 1. The first-order valence-electron chi connectivity index (χ1n) is 12.0. The second kappa shape index (κ2) is 8.44.